The maximum atomic E-state index is 14.1. The minimum Gasteiger partial charge on any atom is -0.332 e. The molecule has 7 heteroatoms. The molecule has 27 heavy (non-hydrogen) atoms. The Labute approximate surface area is 157 Å². The molecule has 6 nitrogen and oxygen atoms in total. The van der Waals surface area contributed by atoms with E-state index in [-0.39, 0.29) is 24.1 Å². The highest BCUT2D eigenvalue weighted by Gasteiger charge is 2.22. The molecule has 142 valence electrons. The molecule has 1 aliphatic carbocycles. The van der Waals surface area contributed by atoms with E-state index < -0.39 is 11.8 Å². The van der Waals surface area contributed by atoms with Gasteiger partial charge in [-0.3, -0.25) is 9.78 Å². The monoisotopic (exact) mass is 370 g/mol. The number of amides is 3. The van der Waals surface area contributed by atoms with E-state index in [2.05, 4.69) is 20.9 Å². The summed E-state index contributed by atoms with van der Waals surface area (Å²) >= 11 is 0. The van der Waals surface area contributed by atoms with Gasteiger partial charge in [-0.2, -0.15) is 0 Å². The molecule has 0 aliphatic heterocycles. The van der Waals surface area contributed by atoms with Gasteiger partial charge in [0.25, 0.3) is 0 Å². The average molecular weight is 370 g/mol. The molecule has 3 amide bonds. The van der Waals surface area contributed by atoms with Crippen LogP contribution in [0.5, 0.6) is 0 Å². The van der Waals surface area contributed by atoms with Gasteiger partial charge in [-0.1, -0.05) is 25.3 Å². The van der Waals surface area contributed by atoms with Crippen LogP contribution in [0.25, 0.3) is 0 Å². The van der Waals surface area contributed by atoms with Crippen molar-refractivity contribution in [3.8, 4) is 0 Å². The lowest BCUT2D eigenvalue weighted by molar-refractivity contribution is -0.120. The number of urea groups is 1. The summed E-state index contributed by atoms with van der Waals surface area (Å²) < 4.78 is 14.1. The van der Waals surface area contributed by atoms with Gasteiger partial charge in [0.05, 0.1) is 17.9 Å². The van der Waals surface area contributed by atoms with Gasteiger partial charge >= 0.3 is 6.03 Å². The van der Waals surface area contributed by atoms with Gasteiger partial charge in [0.2, 0.25) is 5.91 Å². The topological polar surface area (TPSA) is 83.1 Å². The number of halogens is 1. The van der Waals surface area contributed by atoms with Crippen LogP contribution in [0.15, 0.2) is 42.6 Å². The first kappa shape index (κ1) is 18.8. The lowest BCUT2D eigenvalue weighted by Crippen LogP contribution is -2.28. The number of pyridine rings is 1. The second-order valence-electron chi connectivity index (χ2n) is 6.65. The lowest BCUT2D eigenvalue weighted by atomic mass is 9.88. The summed E-state index contributed by atoms with van der Waals surface area (Å²) in [7, 11) is 0. The zero-order chi connectivity index (χ0) is 19.1. The van der Waals surface area contributed by atoms with Crippen molar-refractivity contribution in [2.24, 2.45) is 5.92 Å². The predicted octanol–water partition coefficient (Wildman–Crippen LogP) is 4.06. The van der Waals surface area contributed by atoms with Crippen molar-refractivity contribution in [1.82, 2.24) is 10.3 Å². The quantitative estimate of drug-likeness (QED) is 0.742. The van der Waals surface area contributed by atoms with Crippen LogP contribution in [0.3, 0.4) is 0 Å². The van der Waals surface area contributed by atoms with Crippen molar-refractivity contribution in [2.75, 3.05) is 10.6 Å². The standard InChI is InChI=1S/C20H23FN4O2/c21-17-10-9-15(24-20(27)23-13-16-8-4-5-11-22-16)12-18(17)25-19(26)14-6-2-1-3-7-14/h4-5,8-12,14H,1-3,6-7,13H2,(H,25,26)(H2,23,24,27). The van der Waals surface area contributed by atoms with E-state index in [4.69, 9.17) is 0 Å². The Morgan fingerprint density at radius 2 is 1.89 bits per heavy atom. The second kappa shape index (κ2) is 9.12. The predicted molar refractivity (Wildman–Crippen MR) is 102 cm³/mol. The number of hydrogen-bond acceptors (Lipinski definition) is 3. The molecular formula is C20H23FN4O2. The summed E-state index contributed by atoms with van der Waals surface area (Å²) in [5, 5.41) is 7.97. The number of nitrogens with one attached hydrogen (secondary N) is 3. The summed E-state index contributed by atoms with van der Waals surface area (Å²) in [5.74, 6) is -0.764. The van der Waals surface area contributed by atoms with Gasteiger partial charge in [0, 0.05) is 17.8 Å². The van der Waals surface area contributed by atoms with E-state index in [0.29, 0.717) is 5.69 Å². The molecular weight excluding hydrogens is 347 g/mol. The molecule has 1 aliphatic rings. The third kappa shape index (κ3) is 5.51. The van der Waals surface area contributed by atoms with E-state index in [1.54, 1.807) is 18.3 Å². The zero-order valence-corrected chi connectivity index (χ0v) is 15.0. The van der Waals surface area contributed by atoms with E-state index >= 15 is 0 Å². The number of rotatable bonds is 5. The summed E-state index contributed by atoms with van der Waals surface area (Å²) in [6.45, 7) is 0.277. The molecule has 3 rings (SSSR count). The van der Waals surface area contributed by atoms with Crippen LogP contribution >= 0.6 is 0 Å². The fourth-order valence-electron chi connectivity index (χ4n) is 3.15. The molecule has 3 N–H and O–H groups in total. The third-order valence-corrected chi connectivity index (χ3v) is 4.61. The minimum atomic E-state index is -0.529. The summed E-state index contributed by atoms with van der Waals surface area (Å²) in [6.07, 6.45) is 6.52. The molecule has 1 heterocycles. The van der Waals surface area contributed by atoms with Crippen molar-refractivity contribution in [3.63, 3.8) is 0 Å². The first-order chi connectivity index (χ1) is 13.1. The van der Waals surface area contributed by atoms with Crippen LogP contribution in [-0.2, 0) is 11.3 Å². The Morgan fingerprint density at radius 3 is 2.63 bits per heavy atom. The van der Waals surface area contributed by atoms with E-state index in [9.17, 15) is 14.0 Å². The molecule has 0 spiro atoms. The van der Waals surface area contributed by atoms with Crippen LogP contribution in [0.4, 0.5) is 20.6 Å². The first-order valence-corrected chi connectivity index (χ1v) is 9.17. The molecule has 0 atom stereocenters. The molecule has 0 radical (unpaired) electrons. The van der Waals surface area contributed by atoms with Gasteiger partial charge < -0.3 is 16.0 Å². The Morgan fingerprint density at radius 1 is 1.07 bits per heavy atom. The number of hydrogen-bond donors (Lipinski definition) is 3. The lowest BCUT2D eigenvalue weighted by Gasteiger charge is -2.21. The third-order valence-electron chi connectivity index (χ3n) is 4.61. The number of anilines is 2. The van der Waals surface area contributed by atoms with Crippen LogP contribution in [0.2, 0.25) is 0 Å². The van der Waals surface area contributed by atoms with Crippen LogP contribution < -0.4 is 16.0 Å². The van der Waals surface area contributed by atoms with Crippen molar-refractivity contribution < 1.29 is 14.0 Å². The summed E-state index contributed by atoms with van der Waals surface area (Å²) in [4.78, 5) is 28.5. The van der Waals surface area contributed by atoms with Gasteiger partial charge in [-0.25, -0.2) is 9.18 Å². The smallest absolute Gasteiger partial charge is 0.319 e. The maximum absolute atomic E-state index is 14.1. The van der Waals surface area contributed by atoms with Crippen molar-refractivity contribution in [3.05, 3.63) is 54.1 Å². The summed E-state index contributed by atoms with van der Waals surface area (Å²) in [5.41, 5.74) is 1.20. The largest absolute Gasteiger partial charge is 0.332 e. The van der Waals surface area contributed by atoms with E-state index in [0.717, 1.165) is 37.8 Å². The highest BCUT2D eigenvalue weighted by atomic mass is 19.1. The van der Waals surface area contributed by atoms with Gasteiger partial charge in [-0.15, -0.1) is 0 Å². The fraction of sp³-hybridized carbons (Fsp3) is 0.350. The molecule has 0 bridgehead atoms. The van der Waals surface area contributed by atoms with E-state index in [1.165, 1.54) is 18.2 Å². The number of carbonyl (C=O) groups is 2. The molecule has 2 aromatic rings. The Bertz CT molecular complexity index is 792. The van der Waals surface area contributed by atoms with E-state index in [1.807, 2.05) is 6.07 Å². The average Bonchev–Trinajstić information content (AvgIpc) is 2.70. The minimum absolute atomic E-state index is 0.0727. The Balaban J connectivity index is 1.57. The molecule has 1 fully saturated rings. The van der Waals surface area contributed by atoms with Gasteiger partial charge in [-0.05, 0) is 43.2 Å². The van der Waals surface area contributed by atoms with Gasteiger partial charge in [0.15, 0.2) is 0 Å². The molecule has 1 saturated carbocycles. The van der Waals surface area contributed by atoms with Crippen molar-refractivity contribution >= 4 is 23.3 Å². The molecule has 0 unspecified atom stereocenters. The highest BCUT2D eigenvalue weighted by Crippen LogP contribution is 2.26. The fourth-order valence-corrected chi connectivity index (χ4v) is 3.15. The van der Waals surface area contributed by atoms with Crippen LogP contribution in [0.1, 0.15) is 37.8 Å². The number of benzene rings is 1. The maximum Gasteiger partial charge on any atom is 0.319 e. The number of aromatic nitrogens is 1. The zero-order valence-electron chi connectivity index (χ0n) is 15.0. The van der Waals surface area contributed by atoms with Gasteiger partial charge in [0.1, 0.15) is 5.82 Å². The number of nitrogens with zero attached hydrogens (tertiary/aromatic N) is 1. The Hall–Kier alpha value is -2.96. The Kier molecular flexibility index (Phi) is 6.35. The van der Waals surface area contributed by atoms with Crippen molar-refractivity contribution in [2.45, 2.75) is 38.6 Å². The first-order valence-electron chi connectivity index (χ1n) is 9.17. The highest BCUT2D eigenvalue weighted by molar-refractivity contribution is 5.94. The van der Waals surface area contributed by atoms with Crippen molar-refractivity contribution in [1.29, 1.82) is 0 Å². The van der Waals surface area contributed by atoms with Crippen LogP contribution in [0, 0.1) is 11.7 Å². The molecule has 1 aromatic carbocycles. The molecule has 1 aromatic heterocycles. The summed E-state index contributed by atoms with van der Waals surface area (Å²) in [6, 6.07) is 9.11. The SMILES string of the molecule is O=C(NCc1ccccn1)Nc1ccc(F)c(NC(=O)C2CCCCC2)c1. The number of carbonyl (C=O) groups excluding carboxylic acids is 2. The molecule has 0 saturated heterocycles. The second-order valence-corrected chi connectivity index (χ2v) is 6.65. The normalized spacial score (nSPS) is 14.4. The van der Waals surface area contributed by atoms with Crippen LogP contribution in [-0.4, -0.2) is 16.9 Å².